The lowest BCUT2D eigenvalue weighted by Gasteiger charge is -2.18. The van der Waals surface area contributed by atoms with Gasteiger partial charge in [0.1, 0.15) is 6.61 Å². The molecule has 0 aromatic heterocycles. The quantitative estimate of drug-likeness (QED) is 0.0332. The van der Waals surface area contributed by atoms with E-state index in [1.54, 1.807) is 0 Å². The molecule has 8 nitrogen and oxygen atoms in total. The molecule has 0 unspecified atom stereocenters. The zero-order valence-corrected chi connectivity index (χ0v) is 28.7. The molecule has 0 radical (unpaired) electrons. The monoisotopic (exact) mass is 642 g/mol. The van der Waals surface area contributed by atoms with Crippen LogP contribution >= 0.6 is 7.82 Å². The second-order valence-corrected chi connectivity index (χ2v) is 12.7. The molecule has 9 heteroatoms. The number of allylic oxidation sites excluding steroid dienone is 6. The van der Waals surface area contributed by atoms with Crippen molar-refractivity contribution in [3.05, 3.63) is 36.5 Å². The summed E-state index contributed by atoms with van der Waals surface area (Å²) in [4.78, 5) is 42.5. The summed E-state index contributed by atoms with van der Waals surface area (Å²) in [5, 5.41) is 0. The number of hydrogen-bond donors (Lipinski definition) is 2. The summed E-state index contributed by atoms with van der Waals surface area (Å²) >= 11 is 0. The maximum Gasteiger partial charge on any atom is 0.469 e. The van der Waals surface area contributed by atoms with Crippen LogP contribution in [0.15, 0.2) is 36.5 Å². The predicted octanol–water partition coefficient (Wildman–Crippen LogP) is 9.84. The molecule has 0 aromatic rings. The first-order chi connectivity index (χ1) is 21.3. The number of hydrogen-bond acceptors (Lipinski definition) is 6. The van der Waals surface area contributed by atoms with Crippen molar-refractivity contribution in [3.8, 4) is 0 Å². The van der Waals surface area contributed by atoms with E-state index >= 15 is 0 Å². The van der Waals surface area contributed by atoms with Crippen molar-refractivity contribution in [2.45, 2.75) is 161 Å². The van der Waals surface area contributed by atoms with Crippen molar-refractivity contribution in [2.75, 3.05) is 13.2 Å². The van der Waals surface area contributed by atoms with Crippen LogP contribution in [-0.2, 0) is 28.2 Å². The second-order valence-electron chi connectivity index (χ2n) is 11.5. The lowest BCUT2D eigenvalue weighted by atomic mass is 10.1. The Bertz CT molecular complexity index is 818. The molecular formula is C35H63O8P. The molecule has 0 rings (SSSR count). The predicted molar refractivity (Wildman–Crippen MR) is 179 cm³/mol. The van der Waals surface area contributed by atoms with Crippen LogP contribution < -0.4 is 0 Å². The van der Waals surface area contributed by atoms with E-state index in [2.05, 4.69) is 54.8 Å². The van der Waals surface area contributed by atoms with E-state index in [0.717, 1.165) is 70.6 Å². The lowest BCUT2D eigenvalue weighted by Crippen LogP contribution is -2.29. The van der Waals surface area contributed by atoms with E-state index in [9.17, 15) is 14.2 Å². The third-order valence-electron chi connectivity index (χ3n) is 7.17. The van der Waals surface area contributed by atoms with Crippen molar-refractivity contribution in [3.63, 3.8) is 0 Å². The minimum absolute atomic E-state index is 0.193. The highest BCUT2D eigenvalue weighted by atomic mass is 31.2. The van der Waals surface area contributed by atoms with Crippen molar-refractivity contribution < 1.29 is 37.9 Å². The Morgan fingerprint density at radius 3 is 1.64 bits per heavy atom. The van der Waals surface area contributed by atoms with Gasteiger partial charge in [-0.25, -0.2) is 4.57 Å². The lowest BCUT2D eigenvalue weighted by molar-refractivity contribution is -0.161. The summed E-state index contributed by atoms with van der Waals surface area (Å²) in [6, 6.07) is 0. The van der Waals surface area contributed by atoms with E-state index in [4.69, 9.17) is 19.3 Å². The Labute approximate surface area is 268 Å². The number of carbonyl (C=O) groups is 2. The number of phosphoric ester groups is 1. The largest absolute Gasteiger partial charge is 0.469 e. The van der Waals surface area contributed by atoms with Gasteiger partial charge in [0.15, 0.2) is 6.10 Å². The van der Waals surface area contributed by atoms with Gasteiger partial charge in [0.25, 0.3) is 0 Å². The summed E-state index contributed by atoms with van der Waals surface area (Å²) in [6.07, 6.45) is 34.4. The molecule has 0 saturated heterocycles. The van der Waals surface area contributed by atoms with Crippen molar-refractivity contribution >= 4 is 19.8 Å². The number of esters is 2. The van der Waals surface area contributed by atoms with Gasteiger partial charge in [0.05, 0.1) is 6.61 Å². The summed E-state index contributed by atoms with van der Waals surface area (Å²) in [7, 11) is -4.75. The molecule has 1 atom stereocenters. The van der Waals surface area contributed by atoms with Crippen LogP contribution in [0.2, 0.25) is 0 Å². The molecule has 44 heavy (non-hydrogen) atoms. The van der Waals surface area contributed by atoms with E-state index < -0.39 is 32.5 Å². The zero-order chi connectivity index (χ0) is 32.6. The molecule has 2 N–H and O–H groups in total. The third kappa shape index (κ3) is 33.2. The Morgan fingerprint density at radius 1 is 0.614 bits per heavy atom. The first-order valence-electron chi connectivity index (χ1n) is 17.3. The fourth-order valence-electron chi connectivity index (χ4n) is 4.62. The van der Waals surface area contributed by atoms with Gasteiger partial charge in [-0.1, -0.05) is 134 Å². The van der Waals surface area contributed by atoms with E-state index in [1.807, 2.05) is 0 Å². The van der Waals surface area contributed by atoms with Gasteiger partial charge in [0, 0.05) is 12.8 Å². The molecule has 0 aliphatic heterocycles. The van der Waals surface area contributed by atoms with Gasteiger partial charge < -0.3 is 19.3 Å². The maximum absolute atomic E-state index is 12.3. The Morgan fingerprint density at radius 2 is 1.09 bits per heavy atom. The van der Waals surface area contributed by atoms with E-state index in [-0.39, 0.29) is 19.4 Å². The molecule has 0 aromatic carbocycles. The summed E-state index contributed by atoms with van der Waals surface area (Å²) < 4.78 is 26.2. The summed E-state index contributed by atoms with van der Waals surface area (Å²) in [5.74, 6) is -0.906. The highest BCUT2D eigenvalue weighted by Gasteiger charge is 2.22. The average molecular weight is 643 g/mol. The number of carbonyl (C=O) groups excluding carboxylic acids is 2. The Hall–Kier alpha value is -1.73. The minimum Gasteiger partial charge on any atom is -0.462 e. The molecule has 0 saturated carbocycles. The van der Waals surface area contributed by atoms with Gasteiger partial charge >= 0.3 is 19.8 Å². The van der Waals surface area contributed by atoms with Crippen LogP contribution in [0, 0.1) is 0 Å². The molecule has 0 heterocycles. The molecule has 0 aliphatic rings. The fourth-order valence-corrected chi connectivity index (χ4v) is 4.98. The molecule has 0 bridgehead atoms. The van der Waals surface area contributed by atoms with Crippen LogP contribution in [0.25, 0.3) is 0 Å². The topological polar surface area (TPSA) is 119 Å². The normalized spacial score (nSPS) is 12.9. The molecule has 256 valence electrons. The first-order valence-corrected chi connectivity index (χ1v) is 18.8. The average Bonchev–Trinajstić information content (AvgIpc) is 2.98. The minimum atomic E-state index is -4.75. The molecule has 0 aliphatic carbocycles. The second kappa shape index (κ2) is 31.3. The van der Waals surface area contributed by atoms with Crippen LogP contribution in [0.4, 0.5) is 0 Å². The van der Waals surface area contributed by atoms with Gasteiger partial charge in [-0.15, -0.1) is 0 Å². The number of ether oxygens (including phenoxy) is 2. The summed E-state index contributed by atoms with van der Waals surface area (Å²) in [5.41, 5.74) is 0. The highest BCUT2D eigenvalue weighted by molar-refractivity contribution is 7.46. The van der Waals surface area contributed by atoms with Crippen molar-refractivity contribution in [2.24, 2.45) is 0 Å². The zero-order valence-electron chi connectivity index (χ0n) is 27.8. The van der Waals surface area contributed by atoms with Gasteiger partial charge in [-0.05, 0) is 44.9 Å². The smallest absolute Gasteiger partial charge is 0.462 e. The fraction of sp³-hybridized carbons (Fsp3) is 0.771. The number of rotatable bonds is 31. The Balaban J connectivity index is 4.04. The molecular weight excluding hydrogens is 579 g/mol. The number of unbranched alkanes of at least 4 members (excludes halogenated alkanes) is 15. The van der Waals surface area contributed by atoms with Gasteiger partial charge in [-0.2, -0.15) is 0 Å². The van der Waals surface area contributed by atoms with Crippen LogP contribution in [0.5, 0.6) is 0 Å². The van der Waals surface area contributed by atoms with Gasteiger partial charge in [-0.3, -0.25) is 14.1 Å². The van der Waals surface area contributed by atoms with E-state index in [1.165, 1.54) is 51.4 Å². The molecule has 0 amide bonds. The summed E-state index contributed by atoms with van der Waals surface area (Å²) in [6.45, 7) is 3.53. The number of phosphoric acid groups is 1. The van der Waals surface area contributed by atoms with Crippen molar-refractivity contribution in [1.82, 2.24) is 0 Å². The molecule has 0 spiro atoms. The first kappa shape index (κ1) is 42.3. The van der Waals surface area contributed by atoms with Crippen LogP contribution in [0.1, 0.15) is 155 Å². The van der Waals surface area contributed by atoms with Gasteiger partial charge in [0.2, 0.25) is 0 Å². The SMILES string of the molecule is CC/C=C\C/C=C\C/C=C\CCCCCCCC(=O)O[C@H](COC(=O)CCCCCCCCCCCCC)COP(=O)(O)O. The van der Waals surface area contributed by atoms with Crippen LogP contribution in [-0.4, -0.2) is 41.0 Å². The highest BCUT2D eigenvalue weighted by Crippen LogP contribution is 2.35. The van der Waals surface area contributed by atoms with Crippen LogP contribution in [0.3, 0.4) is 0 Å². The standard InChI is InChI=1S/C35H63O8P/c1-3-5-7-9-11-13-15-16-17-18-20-22-24-26-28-30-35(37)43-33(32-42-44(38,39)40)31-41-34(36)29-27-25-23-21-19-14-12-10-8-6-4-2/h5,7,11,13,16-17,33H,3-4,6,8-10,12,14-15,18-32H2,1-2H3,(H2,38,39,40)/b7-5-,13-11-,17-16-/t33-/m1/s1. The maximum atomic E-state index is 12.3. The van der Waals surface area contributed by atoms with Crippen molar-refractivity contribution in [1.29, 1.82) is 0 Å². The Kier molecular flexibility index (Phi) is 30.0. The molecule has 0 fully saturated rings. The van der Waals surface area contributed by atoms with E-state index in [0.29, 0.717) is 6.42 Å². The third-order valence-corrected chi connectivity index (χ3v) is 7.66.